The van der Waals surface area contributed by atoms with Gasteiger partial charge in [-0.3, -0.25) is 14.2 Å². The summed E-state index contributed by atoms with van der Waals surface area (Å²) in [5.74, 6) is -0.606. The highest BCUT2D eigenvalue weighted by Crippen LogP contribution is 2.38. The van der Waals surface area contributed by atoms with E-state index >= 15 is 0 Å². The van der Waals surface area contributed by atoms with Crippen molar-refractivity contribution in [3.8, 4) is 0 Å². The molecule has 1 amide bonds. The summed E-state index contributed by atoms with van der Waals surface area (Å²) in [6.45, 7) is 6.69. The standard InChI is InChI=1S/C61H111N2O7P/c1-7-10-13-16-19-22-25-28-30-32-34-36-39-42-45-48-51-54-61(65)70-59(52-49-46-43-40-37-27-24-21-18-15-12-9-3)58(57-69-71(66,67)68-56-55-63(4,5)6)62-60(64)53-50-47-44-41-38-35-33-31-29-26-23-20-17-14-11-8-2/h10,13,19,22,28,30,34,36,42,45,49,52,58-59H,7-9,11-12,14-18,20-21,23-27,29,31-33,35,37-41,43-44,46-48,50-51,53-57H2,1-6H3,(H-,62,64,66,67)/b13-10-,22-19-,30-28-,36-34-,45-42-,52-49+. The summed E-state index contributed by atoms with van der Waals surface area (Å²) in [7, 11) is 1.15. The predicted octanol–water partition coefficient (Wildman–Crippen LogP) is 17.0. The van der Waals surface area contributed by atoms with Gasteiger partial charge in [-0.15, -0.1) is 0 Å². The molecular formula is C61H111N2O7P. The number of quaternary nitrogens is 1. The lowest BCUT2D eigenvalue weighted by Crippen LogP contribution is -2.47. The SMILES string of the molecule is CC/C=C\C/C=C\C/C=C\C/C=C\C/C=C\CCCC(=O)OC(/C=C/CCCCCCCCCCCC)C(COP(=O)([O-])OCC[N+](C)(C)C)NC(=O)CCCCCCCCCCCCCCCCCC. The lowest BCUT2D eigenvalue weighted by atomic mass is 10.0. The fourth-order valence-corrected chi connectivity index (χ4v) is 8.87. The van der Waals surface area contributed by atoms with E-state index in [2.05, 4.69) is 86.8 Å². The number of likely N-dealkylation sites (N-methyl/N-ethyl adjacent to an activating group) is 1. The first kappa shape index (κ1) is 68.5. The van der Waals surface area contributed by atoms with Crippen LogP contribution in [0.15, 0.2) is 72.9 Å². The van der Waals surface area contributed by atoms with Gasteiger partial charge in [0.1, 0.15) is 19.3 Å². The minimum atomic E-state index is -4.71. The zero-order chi connectivity index (χ0) is 52.2. The van der Waals surface area contributed by atoms with Crippen LogP contribution < -0.4 is 10.2 Å². The Bertz CT molecular complexity index is 1450. The zero-order valence-electron chi connectivity index (χ0n) is 46.9. The van der Waals surface area contributed by atoms with Crippen molar-refractivity contribution in [3.63, 3.8) is 0 Å². The van der Waals surface area contributed by atoms with Gasteiger partial charge in [0, 0.05) is 12.8 Å². The van der Waals surface area contributed by atoms with Crippen LogP contribution in [0.1, 0.15) is 252 Å². The van der Waals surface area contributed by atoms with Crippen molar-refractivity contribution in [1.82, 2.24) is 5.32 Å². The highest BCUT2D eigenvalue weighted by Gasteiger charge is 2.27. The number of hydrogen-bond donors (Lipinski definition) is 1. The maximum absolute atomic E-state index is 13.5. The van der Waals surface area contributed by atoms with Gasteiger partial charge in [0.05, 0.1) is 33.8 Å². The first-order valence-electron chi connectivity index (χ1n) is 29.2. The molecule has 0 aliphatic carbocycles. The topological polar surface area (TPSA) is 114 Å². The summed E-state index contributed by atoms with van der Waals surface area (Å²) in [4.78, 5) is 39.8. The Morgan fingerprint density at radius 3 is 1.37 bits per heavy atom. The van der Waals surface area contributed by atoms with Crippen LogP contribution in [0.3, 0.4) is 0 Å². The van der Waals surface area contributed by atoms with Crippen molar-refractivity contribution in [3.05, 3.63) is 72.9 Å². The van der Waals surface area contributed by atoms with Gasteiger partial charge in [0.25, 0.3) is 7.82 Å². The fourth-order valence-electron chi connectivity index (χ4n) is 8.15. The summed E-state index contributed by atoms with van der Waals surface area (Å²) >= 11 is 0. The maximum Gasteiger partial charge on any atom is 0.306 e. The zero-order valence-corrected chi connectivity index (χ0v) is 47.8. The van der Waals surface area contributed by atoms with E-state index in [0.717, 1.165) is 77.0 Å². The number of esters is 1. The normalized spacial score (nSPS) is 14.3. The number of carbonyl (C=O) groups is 2. The minimum Gasteiger partial charge on any atom is -0.756 e. The predicted molar refractivity (Wildman–Crippen MR) is 302 cm³/mol. The van der Waals surface area contributed by atoms with E-state index in [1.165, 1.54) is 135 Å². The summed E-state index contributed by atoms with van der Waals surface area (Å²) in [5, 5.41) is 3.01. The number of carbonyl (C=O) groups excluding carboxylic acids is 2. The number of nitrogens with one attached hydrogen (secondary N) is 1. The molecule has 9 nitrogen and oxygen atoms in total. The molecule has 0 saturated heterocycles. The van der Waals surface area contributed by atoms with Gasteiger partial charge in [-0.1, -0.05) is 242 Å². The van der Waals surface area contributed by atoms with Gasteiger partial charge in [0.15, 0.2) is 0 Å². The fraction of sp³-hybridized carbons (Fsp3) is 0.770. The second-order valence-electron chi connectivity index (χ2n) is 20.8. The van der Waals surface area contributed by atoms with Gasteiger partial charge in [0.2, 0.25) is 5.91 Å². The van der Waals surface area contributed by atoms with E-state index in [1.54, 1.807) is 0 Å². The largest absolute Gasteiger partial charge is 0.756 e. The quantitative estimate of drug-likeness (QED) is 0.0212. The molecular weight excluding hydrogens is 904 g/mol. The number of phosphoric ester groups is 1. The lowest BCUT2D eigenvalue weighted by Gasteiger charge is -2.30. The number of phosphoric acid groups is 1. The monoisotopic (exact) mass is 1010 g/mol. The maximum atomic E-state index is 13.5. The molecule has 1 N–H and O–H groups in total. The number of unbranched alkanes of at least 4 members (excludes halogenated alkanes) is 26. The Hall–Kier alpha value is -2.55. The van der Waals surface area contributed by atoms with E-state index in [1.807, 2.05) is 33.3 Å². The van der Waals surface area contributed by atoms with Crippen LogP contribution in [0.5, 0.6) is 0 Å². The number of allylic oxidation sites excluding steroid dienone is 11. The Kier molecular flexibility index (Phi) is 49.1. The highest BCUT2D eigenvalue weighted by atomic mass is 31.2. The second kappa shape index (κ2) is 51.0. The molecule has 412 valence electrons. The Balaban J connectivity index is 5.41. The van der Waals surface area contributed by atoms with Crippen molar-refractivity contribution in [1.29, 1.82) is 0 Å². The first-order chi connectivity index (χ1) is 34.4. The molecule has 0 aromatic heterocycles. The summed E-state index contributed by atoms with van der Waals surface area (Å²) in [5.41, 5.74) is 0. The molecule has 0 aromatic carbocycles. The van der Waals surface area contributed by atoms with Gasteiger partial charge in [-0.2, -0.15) is 0 Å². The van der Waals surface area contributed by atoms with Crippen LogP contribution in [-0.4, -0.2) is 69.4 Å². The van der Waals surface area contributed by atoms with Crippen LogP contribution in [-0.2, 0) is 27.9 Å². The molecule has 3 unspecified atom stereocenters. The van der Waals surface area contributed by atoms with Crippen LogP contribution in [0.4, 0.5) is 0 Å². The minimum absolute atomic E-state index is 0.0321. The third kappa shape index (κ3) is 52.1. The van der Waals surface area contributed by atoms with Crippen LogP contribution in [0.2, 0.25) is 0 Å². The van der Waals surface area contributed by atoms with E-state index in [9.17, 15) is 19.0 Å². The van der Waals surface area contributed by atoms with Crippen molar-refractivity contribution in [2.24, 2.45) is 0 Å². The highest BCUT2D eigenvalue weighted by molar-refractivity contribution is 7.45. The van der Waals surface area contributed by atoms with Crippen molar-refractivity contribution in [2.75, 3.05) is 40.9 Å². The Morgan fingerprint density at radius 2 is 0.915 bits per heavy atom. The molecule has 0 aliphatic rings. The summed E-state index contributed by atoms with van der Waals surface area (Å²) < 4.78 is 30.2. The lowest BCUT2D eigenvalue weighted by molar-refractivity contribution is -0.870. The first-order valence-corrected chi connectivity index (χ1v) is 30.7. The van der Waals surface area contributed by atoms with Crippen molar-refractivity contribution in [2.45, 2.75) is 264 Å². The summed E-state index contributed by atoms with van der Waals surface area (Å²) in [6, 6.07) is -0.910. The van der Waals surface area contributed by atoms with E-state index < -0.39 is 32.5 Å². The van der Waals surface area contributed by atoms with Crippen LogP contribution >= 0.6 is 7.82 Å². The number of nitrogens with zero attached hydrogens (tertiary/aromatic N) is 1. The van der Waals surface area contributed by atoms with E-state index in [-0.39, 0.29) is 18.9 Å². The van der Waals surface area contributed by atoms with Gasteiger partial charge in [-0.25, -0.2) is 0 Å². The molecule has 3 atom stereocenters. The second-order valence-corrected chi connectivity index (χ2v) is 22.2. The molecule has 0 bridgehead atoms. The number of rotatable bonds is 52. The number of hydrogen-bond acceptors (Lipinski definition) is 7. The average Bonchev–Trinajstić information content (AvgIpc) is 3.33. The molecule has 0 rings (SSSR count). The molecule has 0 radical (unpaired) electrons. The average molecular weight is 1020 g/mol. The number of ether oxygens (including phenoxy) is 1. The third-order valence-corrected chi connectivity index (χ3v) is 13.6. The van der Waals surface area contributed by atoms with E-state index in [4.69, 9.17) is 13.8 Å². The van der Waals surface area contributed by atoms with Crippen LogP contribution in [0.25, 0.3) is 0 Å². The smallest absolute Gasteiger partial charge is 0.306 e. The number of amides is 1. The molecule has 71 heavy (non-hydrogen) atoms. The molecule has 0 saturated carbocycles. The Morgan fingerprint density at radius 1 is 0.507 bits per heavy atom. The molecule has 0 spiro atoms. The third-order valence-electron chi connectivity index (χ3n) is 12.7. The molecule has 10 heteroatoms. The molecule has 0 fully saturated rings. The summed E-state index contributed by atoms with van der Waals surface area (Å²) in [6.07, 6.45) is 64.4. The molecule has 0 aliphatic heterocycles. The van der Waals surface area contributed by atoms with Gasteiger partial charge in [-0.05, 0) is 70.3 Å². The van der Waals surface area contributed by atoms with Gasteiger partial charge >= 0.3 is 5.97 Å². The van der Waals surface area contributed by atoms with Crippen molar-refractivity contribution >= 4 is 19.7 Å². The molecule has 0 aromatic rings. The van der Waals surface area contributed by atoms with Gasteiger partial charge < -0.3 is 28.5 Å². The van der Waals surface area contributed by atoms with Crippen molar-refractivity contribution < 1.29 is 37.3 Å². The molecule has 0 heterocycles. The Labute approximate surface area is 438 Å². The van der Waals surface area contributed by atoms with Crippen LogP contribution in [0, 0.1) is 0 Å². The van der Waals surface area contributed by atoms with E-state index in [0.29, 0.717) is 23.9 Å².